The molecule has 174 valence electrons. The first-order chi connectivity index (χ1) is 16.1. The SMILES string of the molecule is COc1ccc(Cn2c(C(=O)O)c(CNCCC3=CCCCC3)c3ccc(OC)cc32)cc1. The summed E-state index contributed by atoms with van der Waals surface area (Å²) in [6.07, 6.45) is 8.30. The molecule has 3 aromatic rings. The Morgan fingerprint density at radius 1 is 1.06 bits per heavy atom. The highest BCUT2D eigenvalue weighted by Crippen LogP contribution is 2.31. The summed E-state index contributed by atoms with van der Waals surface area (Å²) < 4.78 is 12.6. The van der Waals surface area contributed by atoms with Crippen LogP contribution in [-0.2, 0) is 13.1 Å². The lowest BCUT2D eigenvalue weighted by Crippen LogP contribution is -2.19. The van der Waals surface area contributed by atoms with Crippen molar-refractivity contribution in [3.63, 3.8) is 0 Å². The fourth-order valence-corrected chi connectivity index (χ4v) is 4.62. The van der Waals surface area contributed by atoms with Gasteiger partial charge in [-0.3, -0.25) is 0 Å². The number of nitrogens with one attached hydrogen (secondary N) is 1. The van der Waals surface area contributed by atoms with E-state index in [0.717, 1.165) is 40.7 Å². The number of rotatable bonds is 10. The van der Waals surface area contributed by atoms with Crippen molar-refractivity contribution < 1.29 is 19.4 Å². The molecule has 1 aliphatic rings. The van der Waals surface area contributed by atoms with Gasteiger partial charge in [0.1, 0.15) is 17.2 Å². The maximum atomic E-state index is 12.4. The maximum Gasteiger partial charge on any atom is 0.352 e. The predicted octanol–water partition coefficient (Wildman–Crippen LogP) is 5.39. The highest BCUT2D eigenvalue weighted by Gasteiger charge is 2.23. The Labute approximate surface area is 194 Å². The van der Waals surface area contributed by atoms with Crippen molar-refractivity contribution in [3.05, 3.63) is 70.9 Å². The van der Waals surface area contributed by atoms with Gasteiger partial charge in [-0.25, -0.2) is 4.79 Å². The Bertz CT molecular complexity index is 1150. The molecular weight excluding hydrogens is 416 g/mol. The van der Waals surface area contributed by atoms with Crippen LogP contribution in [0.3, 0.4) is 0 Å². The summed E-state index contributed by atoms with van der Waals surface area (Å²) in [6, 6.07) is 13.5. The molecule has 0 bridgehead atoms. The Morgan fingerprint density at radius 3 is 2.48 bits per heavy atom. The van der Waals surface area contributed by atoms with E-state index in [-0.39, 0.29) is 0 Å². The fraction of sp³-hybridized carbons (Fsp3) is 0.370. The molecule has 0 amide bonds. The van der Waals surface area contributed by atoms with Crippen LogP contribution in [0.4, 0.5) is 0 Å². The summed E-state index contributed by atoms with van der Waals surface area (Å²) in [5.41, 5.74) is 4.50. The first kappa shape index (κ1) is 22.9. The number of carboxylic acid groups (broad SMARTS) is 1. The second-order valence-corrected chi connectivity index (χ2v) is 8.48. The number of aromatic nitrogens is 1. The van der Waals surface area contributed by atoms with E-state index < -0.39 is 5.97 Å². The summed E-state index contributed by atoms with van der Waals surface area (Å²) in [4.78, 5) is 12.4. The van der Waals surface area contributed by atoms with Crippen LogP contribution in [0.1, 0.15) is 53.7 Å². The molecule has 0 saturated heterocycles. The number of aromatic carboxylic acids is 1. The van der Waals surface area contributed by atoms with Gasteiger partial charge in [-0.15, -0.1) is 0 Å². The number of hydrogen-bond donors (Lipinski definition) is 2. The molecule has 0 radical (unpaired) electrons. The number of nitrogens with zero attached hydrogens (tertiary/aromatic N) is 1. The van der Waals surface area contributed by atoms with Crippen LogP contribution in [0.25, 0.3) is 10.9 Å². The first-order valence-corrected chi connectivity index (χ1v) is 11.5. The van der Waals surface area contributed by atoms with Gasteiger partial charge >= 0.3 is 5.97 Å². The average molecular weight is 449 g/mol. The molecule has 0 atom stereocenters. The van der Waals surface area contributed by atoms with Crippen LogP contribution in [-0.4, -0.2) is 36.4 Å². The van der Waals surface area contributed by atoms with Crippen molar-refractivity contribution in [1.82, 2.24) is 9.88 Å². The van der Waals surface area contributed by atoms with Crippen molar-refractivity contribution in [3.8, 4) is 11.5 Å². The van der Waals surface area contributed by atoms with Crippen molar-refractivity contribution in [2.75, 3.05) is 20.8 Å². The third kappa shape index (κ3) is 5.22. The molecule has 0 aliphatic heterocycles. The van der Waals surface area contributed by atoms with Gasteiger partial charge in [0.2, 0.25) is 0 Å². The van der Waals surface area contributed by atoms with Crippen LogP contribution >= 0.6 is 0 Å². The van der Waals surface area contributed by atoms with Crippen molar-refractivity contribution in [1.29, 1.82) is 0 Å². The minimum atomic E-state index is -0.925. The zero-order valence-corrected chi connectivity index (χ0v) is 19.4. The Kier molecular flexibility index (Phi) is 7.35. The van der Waals surface area contributed by atoms with Gasteiger partial charge in [0, 0.05) is 30.1 Å². The molecule has 2 aromatic carbocycles. The third-order valence-corrected chi connectivity index (χ3v) is 6.39. The maximum absolute atomic E-state index is 12.4. The van der Waals surface area contributed by atoms with E-state index >= 15 is 0 Å². The molecule has 1 aliphatic carbocycles. The van der Waals surface area contributed by atoms with Gasteiger partial charge < -0.3 is 24.5 Å². The van der Waals surface area contributed by atoms with Crippen molar-refractivity contribution in [2.24, 2.45) is 0 Å². The smallest absolute Gasteiger partial charge is 0.352 e. The quantitative estimate of drug-likeness (QED) is 0.322. The molecule has 2 N–H and O–H groups in total. The molecule has 1 aromatic heterocycles. The summed E-state index contributed by atoms with van der Waals surface area (Å²) in [7, 11) is 3.26. The average Bonchev–Trinajstić information content (AvgIpc) is 3.15. The molecule has 0 unspecified atom stereocenters. The minimum Gasteiger partial charge on any atom is -0.497 e. The topological polar surface area (TPSA) is 72.7 Å². The normalized spacial score (nSPS) is 13.7. The van der Waals surface area contributed by atoms with Gasteiger partial charge in [0.15, 0.2) is 0 Å². The highest BCUT2D eigenvalue weighted by atomic mass is 16.5. The Hall–Kier alpha value is -3.25. The summed E-state index contributed by atoms with van der Waals surface area (Å²) in [5, 5.41) is 14.6. The van der Waals surface area contributed by atoms with Crippen LogP contribution in [0.5, 0.6) is 11.5 Å². The lowest BCUT2D eigenvalue weighted by molar-refractivity contribution is 0.0684. The van der Waals surface area contributed by atoms with E-state index in [4.69, 9.17) is 9.47 Å². The molecule has 0 fully saturated rings. The Morgan fingerprint density at radius 2 is 1.82 bits per heavy atom. The molecular formula is C27H32N2O4. The van der Waals surface area contributed by atoms with E-state index in [1.165, 1.54) is 31.3 Å². The number of ether oxygens (including phenoxy) is 2. The standard InChI is InChI=1S/C27H32N2O4/c1-32-21-10-8-20(9-11-21)18-29-25-16-22(33-2)12-13-23(25)24(26(29)27(30)31)17-28-15-14-19-6-4-3-5-7-19/h6,8-13,16,28H,3-5,7,14-15,17-18H2,1-2H3,(H,30,31). The molecule has 6 heteroatoms. The summed E-state index contributed by atoms with van der Waals surface area (Å²) in [5.74, 6) is 0.552. The van der Waals surface area contributed by atoms with E-state index in [9.17, 15) is 9.90 Å². The third-order valence-electron chi connectivity index (χ3n) is 6.39. The van der Waals surface area contributed by atoms with Crippen LogP contribution in [0, 0.1) is 0 Å². The molecule has 0 saturated carbocycles. The highest BCUT2D eigenvalue weighted by molar-refractivity contribution is 5.98. The number of carbonyl (C=O) groups is 1. The molecule has 4 rings (SSSR count). The monoisotopic (exact) mass is 448 g/mol. The number of hydrogen-bond acceptors (Lipinski definition) is 4. The van der Waals surface area contributed by atoms with E-state index in [0.29, 0.717) is 24.5 Å². The summed E-state index contributed by atoms with van der Waals surface area (Å²) in [6.45, 7) is 1.79. The van der Waals surface area contributed by atoms with Gasteiger partial charge in [-0.05, 0) is 68.5 Å². The van der Waals surface area contributed by atoms with E-state index in [1.807, 2.05) is 47.0 Å². The number of benzene rings is 2. The van der Waals surface area contributed by atoms with E-state index in [1.54, 1.807) is 14.2 Å². The van der Waals surface area contributed by atoms with Gasteiger partial charge in [-0.2, -0.15) is 0 Å². The predicted molar refractivity (Wildman–Crippen MR) is 130 cm³/mol. The molecule has 0 spiro atoms. The first-order valence-electron chi connectivity index (χ1n) is 11.5. The zero-order valence-electron chi connectivity index (χ0n) is 19.4. The number of allylic oxidation sites excluding steroid dienone is 1. The second-order valence-electron chi connectivity index (χ2n) is 8.48. The second kappa shape index (κ2) is 10.6. The van der Waals surface area contributed by atoms with Crippen LogP contribution in [0.2, 0.25) is 0 Å². The largest absolute Gasteiger partial charge is 0.497 e. The number of carboxylic acids is 1. The molecule has 33 heavy (non-hydrogen) atoms. The molecule has 1 heterocycles. The van der Waals surface area contributed by atoms with Crippen molar-refractivity contribution in [2.45, 2.75) is 45.2 Å². The lowest BCUT2D eigenvalue weighted by Gasteiger charge is -2.13. The minimum absolute atomic E-state index is 0.318. The van der Waals surface area contributed by atoms with Gasteiger partial charge in [0.05, 0.1) is 19.7 Å². The van der Waals surface area contributed by atoms with Crippen molar-refractivity contribution >= 4 is 16.9 Å². The molecule has 6 nitrogen and oxygen atoms in total. The summed E-state index contributed by atoms with van der Waals surface area (Å²) >= 11 is 0. The fourth-order valence-electron chi connectivity index (χ4n) is 4.62. The van der Waals surface area contributed by atoms with Gasteiger partial charge in [0.25, 0.3) is 0 Å². The Balaban J connectivity index is 1.65. The van der Waals surface area contributed by atoms with Crippen LogP contribution < -0.4 is 14.8 Å². The van der Waals surface area contributed by atoms with Gasteiger partial charge in [-0.1, -0.05) is 23.8 Å². The van der Waals surface area contributed by atoms with E-state index in [2.05, 4.69) is 11.4 Å². The van der Waals surface area contributed by atoms with Crippen LogP contribution in [0.15, 0.2) is 54.1 Å². The lowest BCUT2D eigenvalue weighted by atomic mass is 9.97. The number of methoxy groups -OCH3 is 2. The number of fused-ring (bicyclic) bond motifs is 1. The zero-order chi connectivity index (χ0) is 23.2.